The molecule has 1 aliphatic heterocycles. The Labute approximate surface area is 83.1 Å². The maximum Gasteiger partial charge on any atom is 0.404 e. The minimum Gasteiger partial charge on any atom is -0.445 e. The molecule has 0 aromatic carbocycles. The van der Waals surface area contributed by atoms with Gasteiger partial charge in [-0.2, -0.15) is 0 Å². The summed E-state index contributed by atoms with van der Waals surface area (Å²) in [6.07, 6.45) is 1.38. The molecule has 1 heterocycles. The Morgan fingerprint density at radius 3 is 2.57 bits per heavy atom. The molecule has 1 saturated carbocycles. The molecule has 0 bridgehead atoms. The Bertz CT molecular complexity index is 216. The number of rotatable bonds is 2. The minimum atomic E-state index is -0.659. The molecular formula is C9H16N2O3. The molecule has 0 spiro atoms. The molecule has 2 fully saturated rings. The fourth-order valence-corrected chi connectivity index (χ4v) is 2.07. The van der Waals surface area contributed by atoms with Crippen molar-refractivity contribution in [3.8, 4) is 0 Å². The summed E-state index contributed by atoms with van der Waals surface area (Å²) in [5, 5.41) is 0. The van der Waals surface area contributed by atoms with E-state index in [9.17, 15) is 4.79 Å². The van der Waals surface area contributed by atoms with Gasteiger partial charge in [-0.25, -0.2) is 4.79 Å². The van der Waals surface area contributed by atoms with Crippen molar-refractivity contribution >= 4 is 6.09 Å². The number of ether oxygens (including phenoxy) is 2. The van der Waals surface area contributed by atoms with Crippen molar-refractivity contribution in [3.05, 3.63) is 0 Å². The van der Waals surface area contributed by atoms with Crippen molar-refractivity contribution in [2.45, 2.75) is 25.0 Å². The molecule has 2 aliphatic rings. The zero-order chi connectivity index (χ0) is 9.97. The van der Waals surface area contributed by atoms with Crippen LogP contribution in [0.25, 0.3) is 0 Å². The molecule has 0 aromatic heterocycles. The molecule has 5 heteroatoms. The smallest absolute Gasteiger partial charge is 0.404 e. The van der Waals surface area contributed by atoms with Crippen molar-refractivity contribution in [1.82, 2.24) is 4.90 Å². The van der Waals surface area contributed by atoms with Gasteiger partial charge in [0.15, 0.2) is 0 Å². The average molecular weight is 200 g/mol. The SMILES string of the molecule is NC(=O)O[C@@H]1CC[C@@H]1N1CCOCC1. The van der Waals surface area contributed by atoms with E-state index >= 15 is 0 Å². The number of hydrogen-bond acceptors (Lipinski definition) is 4. The summed E-state index contributed by atoms with van der Waals surface area (Å²) in [6, 6.07) is 0.367. The normalized spacial score (nSPS) is 33.4. The molecule has 0 aromatic rings. The summed E-state index contributed by atoms with van der Waals surface area (Å²) in [5.74, 6) is 0. The van der Waals surface area contributed by atoms with Crippen molar-refractivity contribution in [2.75, 3.05) is 26.3 Å². The first-order valence-electron chi connectivity index (χ1n) is 5.05. The summed E-state index contributed by atoms with van der Waals surface area (Å²) >= 11 is 0. The second-order valence-electron chi connectivity index (χ2n) is 3.77. The Hall–Kier alpha value is -0.810. The van der Waals surface area contributed by atoms with E-state index in [0.717, 1.165) is 39.1 Å². The first-order valence-corrected chi connectivity index (χ1v) is 5.05. The molecule has 0 radical (unpaired) electrons. The number of carbonyl (C=O) groups is 1. The van der Waals surface area contributed by atoms with Crippen molar-refractivity contribution in [2.24, 2.45) is 5.73 Å². The van der Waals surface area contributed by atoms with E-state index in [0.29, 0.717) is 6.04 Å². The van der Waals surface area contributed by atoms with Crippen LogP contribution >= 0.6 is 0 Å². The number of morpholine rings is 1. The van der Waals surface area contributed by atoms with Crippen LogP contribution in [0.3, 0.4) is 0 Å². The number of amides is 1. The van der Waals surface area contributed by atoms with Crippen molar-refractivity contribution in [3.63, 3.8) is 0 Å². The second kappa shape index (κ2) is 4.14. The van der Waals surface area contributed by atoms with Crippen LogP contribution in [0.15, 0.2) is 0 Å². The third kappa shape index (κ3) is 1.99. The zero-order valence-electron chi connectivity index (χ0n) is 8.15. The molecule has 14 heavy (non-hydrogen) atoms. The van der Waals surface area contributed by atoms with Crippen LogP contribution in [0.5, 0.6) is 0 Å². The van der Waals surface area contributed by atoms with E-state index in [1.807, 2.05) is 0 Å². The molecule has 1 amide bonds. The fourth-order valence-electron chi connectivity index (χ4n) is 2.07. The number of nitrogens with two attached hydrogens (primary N) is 1. The van der Waals surface area contributed by atoms with Crippen LogP contribution in [0.2, 0.25) is 0 Å². The predicted octanol–water partition coefficient (Wildman–Crippen LogP) is -0.0551. The second-order valence-corrected chi connectivity index (χ2v) is 3.77. The third-order valence-corrected chi connectivity index (χ3v) is 2.96. The Morgan fingerprint density at radius 1 is 1.36 bits per heavy atom. The molecule has 1 saturated heterocycles. The molecule has 2 rings (SSSR count). The summed E-state index contributed by atoms with van der Waals surface area (Å²) in [6.45, 7) is 3.42. The van der Waals surface area contributed by atoms with E-state index in [1.54, 1.807) is 0 Å². The van der Waals surface area contributed by atoms with Crippen LogP contribution in [0, 0.1) is 0 Å². The van der Waals surface area contributed by atoms with Gasteiger partial charge in [-0.1, -0.05) is 0 Å². The number of carbonyl (C=O) groups excluding carboxylic acids is 1. The minimum absolute atomic E-state index is 0.00519. The monoisotopic (exact) mass is 200 g/mol. The third-order valence-electron chi connectivity index (χ3n) is 2.96. The van der Waals surface area contributed by atoms with Crippen molar-refractivity contribution in [1.29, 1.82) is 0 Å². The summed E-state index contributed by atoms with van der Waals surface area (Å²) in [7, 11) is 0. The number of nitrogens with zero attached hydrogens (tertiary/aromatic N) is 1. The van der Waals surface area contributed by atoms with Gasteiger partial charge >= 0.3 is 6.09 Å². The molecule has 2 N–H and O–H groups in total. The Balaban J connectivity index is 1.82. The van der Waals surface area contributed by atoms with Crippen LogP contribution in [0.1, 0.15) is 12.8 Å². The quantitative estimate of drug-likeness (QED) is 0.678. The highest BCUT2D eigenvalue weighted by Gasteiger charge is 2.38. The van der Waals surface area contributed by atoms with E-state index in [1.165, 1.54) is 0 Å². The highest BCUT2D eigenvalue weighted by Crippen LogP contribution is 2.28. The van der Waals surface area contributed by atoms with Gasteiger partial charge in [0.05, 0.1) is 13.2 Å². The standard InChI is InChI=1S/C9H16N2O3/c10-9(12)14-8-2-1-7(8)11-3-5-13-6-4-11/h7-8H,1-6H2,(H2,10,12)/t7-,8+/m0/s1. The van der Waals surface area contributed by atoms with Gasteiger partial charge in [-0.3, -0.25) is 4.90 Å². The Kier molecular flexibility index (Phi) is 2.88. The maximum absolute atomic E-state index is 10.6. The van der Waals surface area contributed by atoms with Crippen LogP contribution < -0.4 is 5.73 Å². The highest BCUT2D eigenvalue weighted by molar-refractivity contribution is 5.65. The molecule has 2 atom stereocenters. The lowest BCUT2D eigenvalue weighted by Crippen LogP contribution is -2.55. The molecule has 0 unspecified atom stereocenters. The summed E-state index contributed by atoms with van der Waals surface area (Å²) in [5.41, 5.74) is 4.99. The average Bonchev–Trinajstić information content (AvgIpc) is 2.14. The number of primary amides is 1. The van der Waals surface area contributed by atoms with Gasteiger partial charge in [0, 0.05) is 19.1 Å². The maximum atomic E-state index is 10.6. The van der Waals surface area contributed by atoms with Gasteiger partial charge < -0.3 is 15.2 Å². The lowest BCUT2D eigenvalue weighted by atomic mass is 9.87. The van der Waals surface area contributed by atoms with Gasteiger partial charge in [0.2, 0.25) is 0 Å². The van der Waals surface area contributed by atoms with Crippen LogP contribution in [-0.4, -0.2) is 49.4 Å². The summed E-state index contributed by atoms with van der Waals surface area (Å²) < 4.78 is 10.3. The predicted molar refractivity (Wildman–Crippen MR) is 49.9 cm³/mol. The zero-order valence-corrected chi connectivity index (χ0v) is 8.15. The fraction of sp³-hybridized carbons (Fsp3) is 0.889. The number of hydrogen-bond donors (Lipinski definition) is 1. The van der Waals surface area contributed by atoms with Gasteiger partial charge in [0.25, 0.3) is 0 Å². The molecule has 5 nitrogen and oxygen atoms in total. The Morgan fingerprint density at radius 2 is 2.07 bits per heavy atom. The lowest BCUT2D eigenvalue weighted by Gasteiger charge is -2.44. The summed E-state index contributed by atoms with van der Waals surface area (Å²) in [4.78, 5) is 12.9. The van der Waals surface area contributed by atoms with E-state index in [-0.39, 0.29) is 6.10 Å². The van der Waals surface area contributed by atoms with Crippen LogP contribution in [-0.2, 0) is 9.47 Å². The van der Waals surface area contributed by atoms with Gasteiger partial charge in [-0.05, 0) is 12.8 Å². The largest absolute Gasteiger partial charge is 0.445 e. The van der Waals surface area contributed by atoms with Gasteiger partial charge in [0.1, 0.15) is 6.10 Å². The van der Waals surface area contributed by atoms with E-state index in [2.05, 4.69) is 4.90 Å². The van der Waals surface area contributed by atoms with E-state index in [4.69, 9.17) is 15.2 Å². The topological polar surface area (TPSA) is 64.8 Å². The molecular weight excluding hydrogens is 184 g/mol. The van der Waals surface area contributed by atoms with Crippen molar-refractivity contribution < 1.29 is 14.3 Å². The molecule has 80 valence electrons. The first-order chi connectivity index (χ1) is 6.77. The molecule has 1 aliphatic carbocycles. The van der Waals surface area contributed by atoms with Gasteiger partial charge in [-0.15, -0.1) is 0 Å². The first kappa shape index (κ1) is 9.73. The van der Waals surface area contributed by atoms with Crippen LogP contribution in [0.4, 0.5) is 4.79 Å². The lowest BCUT2D eigenvalue weighted by molar-refractivity contribution is -0.0658. The van der Waals surface area contributed by atoms with E-state index < -0.39 is 6.09 Å². The highest BCUT2D eigenvalue weighted by atomic mass is 16.6.